The summed E-state index contributed by atoms with van der Waals surface area (Å²) in [5.74, 6) is -0.587. The molecule has 2 nitrogen and oxygen atoms in total. The van der Waals surface area contributed by atoms with Gasteiger partial charge < -0.3 is 4.90 Å². The molecule has 0 N–H and O–H groups in total. The normalized spacial score (nSPS) is 10.1. The maximum atomic E-state index is 13.3. The third-order valence-electron chi connectivity index (χ3n) is 2.42. The third-order valence-corrected chi connectivity index (χ3v) is 3.06. The second-order valence-corrected chi connectivity index (χ2v) is 4.64. The molecule has 0 radical (unpaired) electrons. The Morgan fingerprint density at radius 1 is 1.59 bits per heavy atom. The first-order valence-electron chi connectivity index (χ1n) is 5.37. The summed E-state index contributed by atoms with van der Waals surface area (Å²) in [4.78, 5) is 13.5. The van der Waals surface area contributed by atoms with E-state index in [2.05, 4.69) is 22.5 Å². The molecule has 0 heterocycles. The molecule has 0 aliphatic heterocycles. The van der Waals surface area contributed by atoms with Crippen LogP contribution in [0.15, 0.2) is 35.3 Å². The van der Waals surface area contributed by atoms with Gasteiger partial charge in [-0.15, -0.1) is 6.58 Å². The zero-order valence-electron chi connectivity index (χ0n) is 9.75. The first-order valence-corrected chi connectivity index (χ1v) is 6.17. The van der Waals surface area contributed by atoms with Gasteiger partial charge in [0.05, 0.1) is 4.47 Å². The van der Waals surface area contributed by atoms with Crippen LogP contribution in [0.1, 0.15) is 23.2 Å². The van der Waals surface area contributed by atoms with Crippen molar-refractivity contribution in [2.45, 2.75) is 12.8 Å². The van der Waals surface area contributed by atoms with Gasteiger partial charge in [-0.05, 0) is 47.0 Å². The number of benzene rings is 1. The second-order valence-electron chi connectivity index (χ2n) is 3.79. The van der Waals surface area contributed by atoms with Gasteiger partial charge in [0.2, 0.25) is 0 Å². The zero-order chi connectivity index (χ0) is 12.8. The topological polar surface area (TPSA) is 20.3 Å². The fourth-order valence-corrected chi connectivity index (χ4v) is 1.67. The molecule has 0 aliphatic rings. The van der Waals surface area contributed by atoms with Crippen molar-refractivity contribution in [3.05, 3.63) is 46.7 Å². The van der Waals surface area contributed by atoms with Gasteiger partial charge in [-0.1, -0.05) is 6.08 Å². The van der Waals surface area contributed by atoms with E-state index in [0.29, 0.717) is 16.6 Å². The van der Waals surface area contributed by atoms with E-state index in [-0.39, 0.29) is 5.91 Å². The molecule has 4 heteroatoms. The number of carbonyl (C=O) groups is 1. The molecular formula is C13H15BrFNO. The minimum atomic E-state index is -0.421. The highest BCUT2D eigenvalue weighted by atomic mass is 79.9. The molecule has 0 fully saturated rings. The number of nitrogens with zero attached hydrogens (tertiary/aromatic N) is 1. The van der Waals surface area contributed by atoms with E-state index in [1.807, 2.05) is 6.08 Å². The summed E-state index contributed by atoms with van der Waals surface area (Å²) in [6.45, 7) is 4.27. The highest BCUT2D eigenvalue weighted by Gasteiger charge is 2.12. The molecule has 17 heavy (non-hydrogen) atoms. The lowest BCUT2D eigenvalue weighted by Gasteiger charge is -2.16. The average Bonchev–Trinajstić information content (AvgIpc) is 2.32. The molecule has 1 rings (SSSR count). The fraction of sp³-hybridized carbons (Fsp3) is 0.308. The maximum Gasteiger partial charge on any atom is 0.253 e. The Morgan fingerprint density at radius 2 is 2.29 bits per heavy atom. The Kier molecular flexibility index (Phi) is 5.35. The molecule has 1 aromatic rings. The largest absolute Gasteiger partial charge is 0.342 e. The summed E-state index contributed by atoms with van der Waals surface area (Å²) < 4.78 is 13.6. The number of unbranched alkanes of at least 4 members (excludes halogenated alkanes) is 1. The predicted molar refractivity (Wildman–Crippen MR) is 70.5 cm³/mol. The van der Waals surface area contributed by atoms with Crippen molar-refractivity contribution in [3.8, 4) is 0 Å². The van der Waals surface area contributed by atoms with Crippen LogP contribution in [-0.4, -0.2) is 24.4 Å². The Bertz CT molecular complexity index is 420. The van der Waals surface area contributed by atoms with Crippen LogP contribution in [0, 0.1) is 5.82 Å². The number of amides is 1. The number of hydrogen-bond donors (Lipinski definition) is 0. The molecule has 0 aliphatic carbocycles. The standard InChI is InChI=1S/C13H15BrFNO/c1-3-4-5-8-16(2)13(17)10-6-7-11(14)12(15)9-10/h3,6-7,9H,1,4-5,8H2,2H3. The van der Waals surface area contributed by atoms with Gasteiger partial charge in [-0.2, -0.15) is 0 Å². The Hall–Kier alpha value is -1.16. The van der Waals surface area contributed by atoms with Crippen LogP contribution in [0.5, 0.6) is 0 Å². The van der Waals surface area contributed by atoms with Gasteiger partial charge in [-0.25, -0.2) is 4.39 Å². The molecule has 0 atom stereocenters. The number of halogens is 2. The maximum absolute atomic E-state index is 13.3. The quantitative estimate of drug-likeness (QED) is 0.600. The molecule has 0 unspecified atom stereocenters. The van der Waals surface area contributed by atoms with Crippen LogP contribution in [0.4, 0.5) is 4.39 Å². The minimum absolute atomic E-state index is 0.166. The van der Waals surface area contributed by atoms with E-state index in [9.17, 15) is 9.18 Å². The summed E-state index contributed by atoms with van der Waals surface area (Å²) in [6, 6.07) is 4.40. The van der Waals surface area contributed by atoms with E-state index in [0.717, 1.165) is 12.8 Å². The molecular weight excluding hydrogens is 285 g/mol. The highest BCUT2D eigenvalue weighted by Crippen LogP contribution is 2.17. The Balaban J connectivity index is 2.68. The third kappa shape index (κ3) is 3.97. The molecule has 0 bridgehead atoms. The minimum Gasteiger partial charge on any atom is -0.342 e. The van der Waals surface area contributed by atoms with Crippen molar-refractivity contribution in [1.82, 2.24) is 4.90 Å². The lowest BCUT2D eigenvalue weighted by Crippen LogP contribution is -2.27. The molecule has 0 saturated heterocycles. The lowest BCUT2D eigenvalue weighted by atomic mass is 10.2. The van der Waals surface area contributed by atoms with Crippen LogP contribution in [0.25, 0.3) is 0 Å². The lowest BCUT2D eigenvalue weighted by molar-refractivity contribution is 0.0793. The number of carbonyl (C=O) groups excluding carboxylic acids is 1. The molecule has 92 valence electrons. The average molecular weight is 300 g/mol. The highest BCUT2D eigenvalue weighted by molar-refractivity contribution is 9.10. The van der Waals surface area contributed by atoms with Crippen molar-refractivity contribution < 1.29 is 9.18 Å². The molecule has 0 saturated carbocycles. The SMILES string of the molecule is C=CCCCN(C)C(=O)c1ccc(Br)c(F)c1. The van der Waals surface area contributed by atoms with E-state index >= 15 is 0 Å². The summed E-state index contributed by atoms with van der Waals surface area (Å²) in [7, 11) is 1.71. The van der Waals surface area contributed by atoms with Gasteiger partial charge in [0.25, 0.3) is 5.91 Å². The molecule has 1 aromatic carbocycles. The van der Waals surface area contributed by atoms with Gasteiger partial charge >= 0.3 is 0 Å². The monoisotopic (exact) mass is 299 g/mol. The van der Waals surface area contributed by atoms with Gasteiger partial charge in [-0.3, -0.25) is 4.79 Å². The number of allylic oxidation sites excluding steroid dienone is 1. The molecule has 1 amide bonds. The van der Waals surface area contributed by atoms with E-state index < -0.39 is 5.82 Å². The first kappa shape index (κ1) is 13.9. The van der Waals surface area contributed by atoms with Crippen molar-refractivity contribution in [2.75, 3.05) is 13.6 Å². The zero-order valence-corrected chi connectivity index (χ0v) is 11.3. The Labute approximate surface area is 109 Å². The van der Waals surface area contributed by atoms with Gasteiger partial charge in [0.1, 0.15) is 5.82 Å². The predicted octanol–water partition coefficient (Wildman–Crippen LogP) is 3.63. The van der Waals surface area contributed by atoms with Crippen LogP contribution in [-0.2, 0) is 0 Å². The van der Waals surface area contributed by atoms with Crippen molar-refractivity contribution in [3.63, 3.8) is 0 Å². The van der Waals surface area contributed by atoms with E-state index in [1.165, 1.54) is 6.07 Å². The number of rotatable bonds is 5. The van der Waals surface area contributed by atoms with Crippen molar-refractivity contribution in [2.24, 2.45) is 0 Å². The second kappa shape index (κ2) is 6.55. The first-order chi connectivity index (χ1) is 8.06. The van der Waals surface area contributed by atoms with Crippen molar-refractivity contribution in [1.29, 1.82) is 0 Å². The van der Waals surface area contributed by atoms with Gasteiger partial charge in [0, 0.05) is 19.2 Å². The van der Waals surface area contributed by atoms with E-state index in [4.69, 9.17) is 0 Å². The summed E-state index contributed by atoms with van der Waals surface area (Å²) >= 11 is 3.06. The van der Waals surface area contributed by atoms with Crippen molar-refractivity contribution >= 4 is 21.8 Å². The number of hydrogen-bond acceptors (Lipinski definition) is 1. The summed E-state index contributed by atoms with van der Waals surface area (Å²) in [5.41, 5.74) is 0.367. The van der Waals surface area contributed by atoms with Gasteiger partial charge in [0.15, 0.2) is 0 Å². The summed E-state index contributed by atoms with van der Waals surface area (Å²) in [5, 5.41) is 0. The Morgan fingerprint density at radius 3 is 2.88 bits per heavy atom. The molecule has 0 aromatic heterocycles. The smallest absolute Gasteiger partial charge is 0.253 e. The van der Waals surface area contributed by atoms with Crippen LogP contribution < -0.4 is 0 Å². The fourth-order valence-electron chi connectivity index (χ4n) is 1.42. The van der Waals surface area contributed by atoms with Crippen LogP contribution >= 0.6 is 15.9 Å². The van der Waals surface area contributed by atoms with E-state index in [1.54, 1.807) is 24.1 Å². The molecule has 0 spiro atoms. The summed E-state index contributed by atoms with van der Waals surface area (Å²) in [6.07, 6.45) is 3.55. The van der Waals surface area contributed by atoms with Crippen LogP contribution in [0.3, 0.4) is 0 Å². The van der Waals surface area contributed by atoms with Crippen LogP contribution in [0.2, 0.25) is 0 Å².